The van der Waals surface area contributed by atoms with Crippen LogP contribution in [0.25, 0.3) is 0 Å². The summed E-state index contributed by atoms with van der Waals surface area (Å²) in [6, 6.07) is 1.82. The Hall–Kier alpha value is -1.25. The molecule has 0 saturated heterocycles. The second kappa shape index (κ2) is 10.5. The lowest BCUT2D eigenvalue weighted by molar-refractivity contribution is 0.0525. The minimum atomic E-state index is -0.205. The van der Waals surface area contributed by atoms with E-state index in [0.29, 0.717) is 12.2 Å². The standard InChI is InChI=1S/C17H29NO2/c1-3-5-6-7-8-9-10-11-12-16-15(13-14-18-16)17(19)20-4-2/h13-14,18H,3-12H2,1-2H3. The van der Waals surface area contributed by atoms with Gasteiger partial charge in [-0.25, -0.2) is 4.79 Å². The molecule has 1 N–H and O–H groups in total. The number of aryl methyl sites for hydroxylation is 1. The maximum atomic E-state index is 11.7. The molecule has 20 heavy (non-hydrogen) atoms. The first kappa shape index (κ1) is 16.8. The van der Waals surface area contributed by atoms with Crippen molar-refractivity contribution in [2.45, 2.75) is 71.6 Å². The van der Waals surface area contributed by atoms with Gasteiger partial charge in [0.1, 0.15) is 0 Å². The zero-order valence-corrected chi connectivity index (χ0v) is 13.0. The molecular weight excluding hydrogens is 250 g/mol. The van der Waals surface area contributed by atoms with E-state index < -0.39 is 0 Å². The van der Waals surface area contributed by atoms with E-state index in [1.807, 2.05) is 19.2 Å². The largest absolute Gasteiger partial charge is 0.462 e. The summed E-state index contributed by atoms with van der Waals surface area (Å²) in [5.41, 5.74) is 1.73. The van der Waals surface area contributed by atoms with Gasteiger partial charge in [0.2, 0.25) is 0 Å². The molecule has 0 unspecified atom stereocenters. The number of ether oxygens (including phenoxy) is 1. The minimum absolute atomic E-state index is 0.205. The number of unbranched alkanes of at least 4 members (excludes halogenated alkanes) is 7. The van der Waals surface area contributed by atoms with E-state index in [-0.39, 0.29) is 5.97 Å². The van der Waals surface area contributed by atoms with Gasteiger partial charge in [0, 0.05) is 11.9 Å². The molecule has 1 heterocycles. The highest BCUT2D eigenvalue weighted by Crippen LogP contribution is 2.14. The maximum absolute atomic E-state index is 11.7. The molecule has 3 heteroatoms. The summed E-state index contributed by atoms with van der Waals surface area (Å²) >= 11 is 0. The molecule has 0 amide bonds. The van der Waals surface area contributed by atoms with Crippen molar-refractivity contribution in [1.82, 2.24) is 4.98 Å². The van der Waals surface area contributed by atoms with Gasteiger partial charge in [-0.15, -0.1) is 0 Å². The summed E-state index contributed by atoms with van der Waals surface area (Å²) in [5, 5.41) is 0. The van der Waals surface area contributed by atoms with E-state index in [1.54, 1.807) is 0 Å². The van der Waals surface area contributed by atoms with Crippen LogP contribution in [-0.4, -0.2) is 17.6 Å². The van der Waals surface area contributed by atoms with E-state index in [0.717, 1.165) is 18.5 Å². The van der Waals surface area contributed by atoms with Crippen LogP contribution in [-0.2, 0) is 11.2 Å². The zero-order chi connectivity index (χ0) is 14.6. The van der Waals surface area contributed by atoms with Crippen LogP contribution in [0.5, 0.6) is 0 Å². The Morgan fingerprint density at radius 3 is 2.35 bits per heavy atom. The Balaban J connectivity index is 2.16. The molecule has 0 aliphatic carbocycles. The topological polar surface area (TPSA) is 42.1 Å². The number of aromatic nitrogens is 1. The molecule has 0 atom stereocenters. The number of hydrogen-bond donors (Lipinski definition) is 1. The van der Waals surface area contributed by atoms with Crippen molar-refractivity contribution in [2.24, 2.45) is 0 Å². The Morgan fingerprint density at radius 2 is 1.70 bits per heavy atom. The number of carbonyl (C=O) groups excluding carboxylic acids is 1. The molecular formula is C17H29NO2. The van der Waals surface area contributed by atoms with Gasteiger partial charge < -0.3 is 9.72 Å². The molecule has 1 aromatic heterocycles. The molecule has 0 aromatic carbocycles. The molecule has 0 aliphatic heterocycles. The smallest absolute Gasteiger partial charge is 0.339 e. The quantitative estimate of drug-likeness (QED) is 0.463. The molecule has 114 valence electrons. The predicted molar refractivity (Wildman–Crippen MR) is 83.1 cm³/mol. The van der Waals surface area contributed by atoms with Gasteiger partial charge in [0.25, 0.3) is 0 Å². The lowest BCUT2D eigenvalue weighted by Gasteiger charge is -2.04. The predicted octanol–water partition coefficient (Wildman–Crippen LogP) is 4.87. The number of H-pyrrole nitrogens is 1. The highest BCUT2D eigenvalue weighted by molar-refractivity contribution is 5.90. The van der Waals surface area contributed by atoms with E-state index in [1.165, 1.54) is 44.9 Å². The molecule has 3 nitrogen and oxygen atoms in total. The Bertz CT molecular complexity index is 371. The number of hydrogen-bond acceptors (Lipinski definition) is 2. The lowest BCUT2D eigenvalue weighted by Crippen LogP contribution is -2.06. The van der Waals surface area contributed by atoms with Crippen LogP contribution in [0.4, 0.5) is 0 Å². The molecule has 0 bridgehead atoms. The third-order valence-electron chi connectivity index (χ3n) is 3.61. The zero-order valence-electron chi connectivity index (χ0n) is 13.0. The highest BCUT2D eigenvalue weighted by atomic mass is 16.5. The second-order valence-electron chi connectivity index (χ2n) is 5.32. The summed E-state index contributed by atoms with van der Waals surface area (Å²) in [5.74, 6) is -0.205. The van der Waals surface area contributed by atoms with Crippen molar-refractivity contribution in [3.63, 3.8) is 0 Å². The number of aromatic amines is 1. The van der Waals surface area contributed by atoms with Crippen LogP contribution in [0.15, 0.2) is 12.3 Å². The SMILES string of the molecule is CCCCCCCCCCc1[nH]ccc1C(=O)OCC. The van der Waals surface area contributed by atoms with E-state index in [2.05, 4.69) is 11.9 Å². The second-order valence-corrected chi connectivity index (χ2v) is 5.32. The fourth-order valence-corrected chi connectivity index (χ4v) is 2.45. The molecule has 1 aromatic rings. The van der Waals surface area contributed by atoms with E-state index in [9.17, 15) is 4.79 Å². The van der Waals surface area contributed by atoms with Crippen LogP contribution < -0.4 is 0 Å². The Morgan fingerprint density at radius 1 is 1.05 bits per heavy atom. The summed E-state index contributed by atoms with van der Waals surface area (Å²) in [6.07, 6.45) is 13.2. The Labute approximate surface area is 123 Å². The van der Waals surface area contributed by atoms with Gasteiger partial charge in [-0.1, -0.05) is 51.9 Å². The first-order valence-corrected chi connectivity index (χ1v) is 8.13. The van der Waals surface area contributed by atoms with Crippen molar-refractivity contribution >= 4 is 5.97 Å². The average molecular weight is 279 g/mol. The van der Waals surface area contributed by atoms with Gasteiger partial charge in [-0.2, -0.15) is 0 Å². The summed E-state index contributed by atoms with van der Waals surface area (Å²) < 4.78 is 5.05. The van der Waals surface area contributed by atoms with Crippen molar-refractivity contribution in [1.29, 1.82) is 0 Å². The van der Waals surface area contributed by atoms with Crippen molar-refractivity contribution < 1.29 is 9.53 Å². The highest BCUT2D eigenvalue weighted by Gasteiger charge is 2.12. The average Bonchev–Trinajstić information content (AvgIpc) is 2.90. The third kappa shape index (κ3) is 6.27. The van der Waals surface area contributed by atoms with Crippen LogP contribution in [0.3, 0.4) is 0 Å². The third-order valence-corrected chi connectivity index (χ3v) is 3.61. The lowest BCUT2D eigenvalue weighted by atomic mass is 10.1. The van der Waals surface area contributed by atoms with Crippen LogP contribution in [0.2, 0.25) is 0 Å². The number of esters is 1. The van der Waals surface area contributed by atoms with Crippen molar-refractivity contribution in [3.05, 3.63) is 23.5 Å². The minimum Gasteiger partial charge on any atom is -0.462 e. The molecule has 1 rings (SSSR count). The van der Waals surface area contributed by atoms with E-state index in [4.69, 9.17) is 4.74 Å². The Kier molecular flexibility index (Phi) is 8.84. The maximum Gasteiger partial charge on any atom is 0.339 e. The molecule has 0 fully saturated rings. The molecule has 0 spiro atoms. The summed E-state index contributed by atoms with van der Waals surface area (Å²) in [4.78, 5) is 14.9. The van der Waals surface area contributed by atoms with Gasteiger partial charge in [0.05, 0.1) is 12.2 Å². The van der Waals surface area contributed by atoms with Crippen molar-refractivity contribution in [2.75, 3.05) is 6.61 Å². The van der Waals surface area contributed by atoms with Gasteiger partial charge >= 0.3 is 5.97 Å². The monoisotopic (exact) mass is 279 g/mol. The summed E-state index contributed by atoms with van der Waals surface area (Å²) in [7, 11) is 0. The fraction of sp³-hybridized carbons (Fsp3) is 0.706. The normalized spacial score (nSPS) is 10.7. The first-order chi connectivity index (χ1) is 9.79. The van der Waals surface area contributed by atoms with Gasteiger partial charge in [0.15, 0.2) is 0 Å². The van der Waals surface area contributed by atoms with Gasteiger partial charge in [-0.3, -0.25) is 0 Å². The molecule has 0 saturated carbocycles. The fourth-order valence-electron chi connectivity index (χ4n) is 2.45. The summed E-state index contributed by atoms with van der Waals surface area (Å²) in [6.45, 7) is 4.52. The van der Waals surface area contributed by atoms with Crippen LogP contribution >= 0.6 is 0 Å². The number of carbonyl (C=O) groups is 1. The van der Waals surface area contributed by atoms with Gasteiger partial charge in [-0.05, 0) is 25.8 Å². The van der Waals surface area contributed by atoms with Crippen LogP contribution in [0, 0.1) is 0 Å². The first-order valence-electron chi connectivity index (χ1n) is 8.13. The van der Waals surface area contributed by atoms with Crippen molar-refractivity contribution in [3.8, 4) is 0 Å². The number of nitrogens with one attached hydrogen (secondary N) is 1. The van der Waals surface area contributed by atoms with E-state index >= 15 is 0 Å². The van der Waals surface area contributed by atoms with Crippen LogP contribution in [0.1, 0.15) is 81.3 Å². The number of rotatable bonds is 11. The molecule has 0 radical (unpaired) electrons. The molecule has 0 aliphatic rings.